The molecular formula is C22H32O3. The third-order valence-corrected chi connectivity index (χ3v) is 7.54. The molecule has 0 heterocycles. The van der Waals surface area contributed by atoms with E-state index in [-0.39, 0.29) is 0 Å². The Morgan fingerprint density at radius 3 is 2.72 bits per heavy atom. The topological polar surface area (TPSA) is 27.7 Å². The molecule has 0 radical (unpaired) electrons. The van der Waals surface area contributed by atoms with Crippen molar-refractivity contribution in [2.75, 3.05) is 21.0 Å². The largest absolute Gasteiger partial charge is 0.496 e. The van der Waals surface area contributed by atoms with Gasteiger partial charge in [-0.2, -0.15) is 0 Å². The van der Waals surface area contributed by atoms with E-state index in [1.807, 2.05) is 0 Å². The molecule has 25 heavy (non-hydrogen) atoms. The second-order valence-electron chi connectivity index (χ2n) is 8.62. The molecule has 0 N–H and O–H groups in total. The maximum absolute atomic E-state index is 6.08. The van der Waals surface area contributed by atoms with E-state index in [0.717, 1.165) is 17.6 Å². The van der Waals surface area contributed by atoms with Crippen molar-refractivity contribution in [3.05, 3.63) is 28.8 Å². The molecule has 0 saturated heterocycles. The molecule has 3 aliphatic rings. The third-order valence-electron chi connectivity index (χ3n) is 7.54. The molecule has 138 valence electrons. The predicted octanol–water partition coefficient (Wildman–Crippen LogP) is 4.85. The standard InChI is InChI=1S/C22H32O3/c1-14-11-15-5-6-17-16(18(15)12-20(14)24-4)9-10-22(2)19(17)7-8-21(22)25-13-23-3/h11-12,16-17,19,21H,5-10,13H2,1-4H3/t16?,17?,19?,21-,22-/m0/s1. The summed E-state index contributed by atoms with van der Waals surface area (Å²) < 4.78 is 16.9. The Balaban J connectivity index is 1.62. The van der Waals surface area contributed by atoms with Crippen LogP contribution in [0.4, 0.5) is 0 Å². The minimum atomic E-state index is 0.325. The molecule has 3 nitrogen and oxygen atoms in total. The fourth-order valence-corrected chi connectivity index (χ4v) is 6.32. The molecule has 1 aromatic rings. The molecule has 0 aliphatic heterocycles. The van der Waals surface area contributed by atoms with E-state index in [4.69, 9.17) is 14.2 Å². The molecule has 0 bridgehead atoms. The summed E-state index contributed by atoms with van der Waals surface area (Å²) in [5, 5.41) is 0. The van der Waals surface area contributed by atoms with Crippen LogP contribution in [0, 0.1) is 24.2 Å². The summed E-state index contributed by atoms with van der Waals surface area (Å²) in [6.45, 7) is 5.07. The number of fused-ring (bicyclic) bond motifs is 5. The molecule has 0 aromatic heterocycles. The van der Waals surface area contributed by atoms with Crippen LogP contribution in [0.5, 0.6) is 5.75 Å². The molecule has 5 atom stereocenters. The van der Waals surface area contributed by atoms with Gasteiger partial charge in [-0.1, -0.05) is 13.0 Å². The summed E-state index contributed by atoms with van der Waals surface area (Å²) in [7, 11) is 3.51. The average molecular weight is 344 g/mol. The van der Waals surface area contributed by atoms with E-state index in [1.54, 1.807) is 25.3 Å². The van der Waals surface area contributed by atoms with Gasteiger partial charge in [-0.25, -0.2) is 0 Å². The van der Waals surface area contributed by atoms with Gasteiger partial charge in [0.1, 0.15) is 12.5 Å². The highest BCUT2D eigenvalue weighted by atomic mass is 16.7. The fourth-order valence-electron chi connectivity index (χ4n) is 6.32. The van der Waals surface area contributed by atoms with E-state index in [0.29, 0.717) is 24.2 Å². The van der Waals surface area contributed by atoms with E-state index >= 15 is 0 Å². The van der Waals surface area contributed by atoms with E-state index in [1.165, 1.54) is 44.1 Å². The Bertz CT molecular complexity index is 640. The zero-order chi connectivity index (χ0) is 17.6. The van der Waals surface area contributed by atoms with Crippen LogP contribution in [0.15, 0.2) is 12.1 Å². The molecule has 0 spiro atoms. The predicted molar refractivity (Wildman–Crippen MR) is 99.1 cm³/mol. The lowest BCUT2D eigenvalue weighted by Gasteiger charge is -2.50. The summed E-state index contributed by atoms with van der Waals surface area (Å²) in [5.41, 5.74) is 4.73. The van der Waals surface area contributed by atoms with Crippen LogP contribution in [0.1, 0.15) is 61.6 Å². The van der Waals surface area contributed by atoms with Gasteiger partial charge >= 0.3 is 0 Å². The smallest absolute Gasteiger partial charge is 0.146 e. The lowest BCUT2D eigenvalue weighted by Crippen LogP contribution is -2.44. The van der Waals surface area contributed by atoms with E-state index in [9.17, 15) is 0 Å². The zero-order valence-corrected chi connectivity index (χ0v) is 16.1. The van der Waals surface area contributed by atoms with Crippen molar-refractivity contribution < 1.29 is 14.2 Å². The first-order valence-electron chi connectivity index (χ1n) is 9.86. The van der Waals surface area contributed by atoms with Gasteiger partial charge in [0, 0.05) is 7.11 Å². The number of ether oxygens (including phenoxy) is 3. The monoisotopic (exact) mass is 344 g/mol. The first-order chi connectivity index (χ1) is 12.1. The fraction of sp³-hybridized carbons (Fsp3) is 0.727. The molecule has 3 heteroatoms. The Hall–Kier alpha value is -1.06. The van der Waals surface area contributed by atoms with Crippen molar-refractivity contribution in [2.45, 2.75) is 64.4 Å². The Labute approximate surface area is 152 Å². The number of aryl methyl sites for hydroxylation is 2. The molecule has 4 rings (SSSR count). The van der Waals surface area contributed by atoms with Crippen molar-refractivity contribution in [3.63, 3.8) is 0 Å². The minimum absolute atomic E-state index is 0.325. The second-order valence-corrected chi connectivity index (χ2v) is 8.62. The molecular weight excluding hydrogens is 312 g/mol. The SMILES string of the molecule is COCO[C@H]1CCC2C3CCc4cc(C)c(OC)cc4C3CC[C@@]21C. The van der Waals surface area contributed by atoms with Crippen LogP contribution in [-0.2, 0) is 15.9 Å². The Kier molecular flexibility index (Phi) is 4.57. The van der Waals surface area contributed by atoms with Crippen molar-refractivity contribution >= 4 is 0 Å². The Morgan fingerprint density at radius 2 is 1.96 bits per heavy atom. The normalized spacial score (nSPS) is 36.5. The van der Waals surface area contributed by atoms with Gasteiger partial charge in [0.05, 0.1) is 13.2 Å². The van der Waals surface area contributed by atoms with Crippen molar-refractivity contribution in [2.24, 2.45) is 17.3 Å². The molecule has 3 unspecified atom stereocenters. The van der Waals surface area contributed by atoms with Gasteiger partial charge in [-0.05, 0) is 91.4 Å². The maximum Gasteiger partial charge on any atom is 0.146 e. The highest BCUT2D eigenvalue weighted by Crippen LogP contribution is 2.61. The third kappa shape index (κ3) is 2.71. The first kappa shape index (κ1) is 17.4. The van der Waals surface area contributed by atoms with Crippen molar-refractivity contribution in [3.8, 4) is 5.75 Å². The maximum atomic E-state index is 6.08. The Morgan fingerprint density at radius 1 is 1.12 bits per heavy atom. The lowest BCUT2D eigenvalue weighted by molar-refractivity contribution is -0.125. The number of hydrogen-bond acceptors (Lipinski definition) is 3. The van der Waals surface area contributed by atoms with E-state index < -0.39 is 0 Å². The molecule has 0 amide bonds. The summed E-state index contributed by atoms with van der Waals surface area (Å²) in [4.78, 5) is 0. The van der Waals surface area contributed by atoms with Gasteiger partial charge in [0.25, 0.3) is 0 Å². The highest BCUT2D eigenvalue weighted by molar-refractivity contribution is 5.45. The van der Waals surface area contributed by atoms with Crippen molar-refractivity contribution in [1.82, 2.24) is 0 Å². The first-order valence-corrected chi connectivity index (χ1v) is 9.86. The van der Waals surface area contributed by atoms with Gasteiger partial charge in [0.15, 0.2) is 0 Å². The molecule has 2 saturated carbocycles. The van der Waals surface area contributed by atoms with Crippen LogP contribution in [-0.4, -0.2) is 27.1 Å². The van der Waals surface area contributed by atoms with Crippen LogP contribution >= 0.6 is 0 Å². The summed E-state index contributed by atoms with van der Waals surface area (Å²) in [6, 6.07) is 4.72. The van der Waals surface area contributed by atoms with Crippen LogP contribution < -0.4 is 4.74 Å². The quantitative estimate of drug-likeness (QED) is 0.731. The van der Waals surface area contributed by atoms with Gasteiger partial charge in [0.2, 0.25) is 0 Å². The minimum Gasteiger partial charge on any atom is -0.496 e. The van der Waals surface area contributed by atoms with Gasteiger partial charge in [-0.3, -0.25) is 0 Å². The summed E-state index contributed by atoms with van der Waals surface area (Å²) in [6.07, 6.45) is 7.97. The summed E-state index contributed by atoms with van der Waals surface area (Å²) >= 11 is 0. The second kappa shape index (κ2) is 6.59. The molecule has 1 aromatic carbocycles. The number of methoxy groups -OCH3 is 2. The van der Waals surface area contributed by atoms with Crippen LogP contribution in [0.2, 0.25) is 0 Å². The zero-order valence-electron chi connectivity index (χ0n) is 16.1. The van der Waals surface area contributed by atoms with Crippen LogP contribution in [0.25, 0.3) is 0 Å². The van der Waals surface area contributed by atoms with Gasteiger partial charge in [-0.15, -0.1) is 0 Å². The molecule has 2 fully saturated rings. The summed E-state index contributed by atoms with van der Waals surface area (Å²) in [5.74, 6) is 3.35. The number of hydrogen-bond donors (Lipinski definition) is 0. The lowest BCUT2D eigenvalue weighted by atomic mass is 9.55. The number of rotatable bonds is 4. The highest BCUT2D eigenvalue weighted by Gasteiger charge is 2.55. The molecule has 3 aliphatic carbocycles. The van der Waals surface area contributed by atoms with E-state index in [2.05, 4.69) is 26.0 Å². The average Bonchev–Trinajstić information content (AvgIpc) is 2.95. The number of benzene rings is 1. The van der Waals surface area contributed by atoms with Gasteiger partial charge < -0.3 is 14.2 Å². The van der Waals surface area contributed by atoms with Crippen molar-refractivity contribution in [1.29, 1.82) is 0 Å². The van der Waals surface area contributed by atoms with Crippen LogP contribution in [0.3, 0.4) is 0 Å².